The van der Waals surface area contributed by atoms with Crippen LogP contribution in [0.25, 0.3) is 0 Å². The molecule has 1 heterocycles. The molecule has 0 radical (unpaired) electrons. The Morgan fingerprint density at radius 3 is 2.56 bits per heavy atom. The lowest BCUT2D eigenvalue weighted by atomic mass is 10.2. The minimum atomic E-state index is -0.208. The van der Waals surface area contributed by atoms with Crippen molar-refractivity contribution in [2.75, 3.05) is 38.8 Å². The lowest BCUT2D eigenvalue weighted by Gasteiger charge is -2.25. The van der Waals surface area contributed by atoms with E-state index in [-0.39, 0.29) is 6.09 Å². The van der Waals surface area contributed by atoms with Gasteiger partial charge in [-0.3, -0.25) is 0 Å². The molecule has 0 spiro atoms. The Hall–Kier alpha value is -0.480. The van der Waals surface area contributed by atoms with Gasteiger partial charge in [-0.25, -0.2) is 4.79 Å². The van der Waals surface area contributed by atoms with Crippen molar-refractivity contribution in [3.8, 4) is 0 Å². The van der Waals surface area contributed by atoms with Crippen LogP contribution >= 0.6 is 11.6 Å². The number of carbonyl (C=O) groups excluding carboxylic acids is 1. The van der Waals surface area contributed by atoms with E-state index in [9.17, 15) is 4.79 Å². The second-order valence-electron chi connectivity index (χ2n) is 3.82. The largest absolute Gasteiger partial charge is 0.449 e. The topological polar surface area (TPSA) is 38.8 Å². The van der Waals surface area contributed by atoms with Crippen molar-refractivity contribution < 1.29 is 14.3 Å². The Bertz CT molecular complexity index is 196. The Balaban J connectivity index is 1.97. The smallest absolute Gasteiger partial charge is 0.409 e. The molecule has 1 saturated heterocycles. The summed E-state index contributed by atoms with van der Waals surface area (Å²) >= 11 is 5.56. The van der Waals surface area contributed by atoms with E-state index in [4.69, 9.17) is 21.1 Å². The van der Waals surface area contributed by atoms with Crippen molar-refractivity contribution in [1.29, 1.82) is 0 Å². The third-order valence-corrected chi connectivity index (χ3v) is 2.79. The van der Waals surface area contributed by atoms with Crippen LogP contribution in [-0.2, 0) is 9.47 Å². The average molecular weight is 250 g/mol. The second-order valence-corrected chi connectivity index (χ2v) is 4.19. The van der Waals surface area contributed by atoms with Crippen LogP contribution in [0, 0.1) is 0 Å². The Labute approximate surface area is 102 Å². The summed E-state index contributed by atoms with van der Waals surface area (Å²) < 4.78 is 10.3. The molecule has 1 fully saturated rings. The minimum absolute atomic E-state index is 0.208. The Morgan fingerprint density at radius 1 is 1.19 bits per heavy atom. The first kappa shape index (κ1) is 13.6. The normalized spacial score (nSPS) is 16.2. The van der Waals surface area contributed by atoms with Crippen molar-refractivity contribution in [1.82, 2.24) is 4.90 Å². The van der Waals surface area contributed by atoms with Crippen molar-refractivity contribution >= 4 is 17.7 Å². The highest BCUT2D eigenvalue weighted by molar-refractivity contribution is 6.17. The summed E-state index contributed by atoms with van der Waals surface area (Å²) in [5.74, 6) is 0.716. The standard InChI is InChI=1S/C11H20ClNO3/c12-5-3-1-2-4-8-16-11(14)13-6-9-15-10-7-13/h1-10H2. The maximum absolute atomic E-state index is 11.5. The number of hydrogen-bond acceptors (Lipinski definition) is 3. The van der Waals surface area contributed by atoms with Crippen LogP contribution in [0.3, 0.4) is 0 Å². The summed E-state index contributed by atoms with van der Waals surface area (Å²) in [6.07, 6.45) is 3.94. The molecule has 1 rings (SSSR count). The fraction of sp³-hybridized carbons (Fsp3) is 0.909. The molecular weight excluding hydrogens is 230 g/mol. The number of amides is 1. The van der Waals surface area contributed by atoms with Crippen LogP contribution in [0.2, 0.25) is 0 Å². The van der Waals surface area contributed by atoms with Crippen LogP contribution in [0.4, 0.5) is 4.79 Å². The Kier molecular flexibility index (Phi) is 7.34. The van der Waals surface area contributed by atoms with E-state index >= 15 is 0 Å². The van der Waals surface area contributed by atoms with Crippen LogP contribution in [0.5, 0.6) is 0 Å². The van der Waals surface area contributed by atoms with Gasteiger partial charge >= 0.3 is 6.09 Å². The third-order valence-electron chi connectivity index (χ3n) is 2.52. The number of rotatable bonds is 6. The molecule has 1 aliphatic heterocycles. The molecule has 4 nitrogen and oxygen atoms in total. The molecule has 94 valence electrons. The zero-order valence-electron chi connectivity index (χ0n) is 9.62. The number of carbonyl (C=O) groups is 1. The quantitative estimate of drug-likeness (QED) is 0.535. The molecule has 0 aromatic carbocycles. The maximum atomic E-state index is 11.5. The minimum Gasteiger partial charge on any atom is -0.449 e. The summed E-state index contributed by atoms with van der Waals surface area (Å²) in [4.78, 5) is 13.2. The van der Waals surface area contributed by atoms with Crippen molar-refractivity contribution in [2.24, 2.45) is 0 Å². The fourth-order valence-corrected chi connectivity index (χ4v) is 1.74. The van der Waals surface area contributed by atoms with Crippen molar-refractivity contribution in [3.05, 3.63) is 0 Å². The van der Waals surface area contributed by atoms with Crippen LogP contribution in [0.1, 0.15) is 25.7 Å². The highest BCUT2D eigenvalue weighted by Crippen LogP contribution is 2.04. The molecule has 0 unspecified atom stereocenters. The predicted molar refractivity (Wildman–Crippen MR) is 62.9 cm³/mol. The first-order valence-electron chi connectivity index (χ1n) is 5.90. The van der Waals surface area contributed by atoms with Gasteiger partial charge in [0.05, 0.1) is 19.8 Å². The molecule has 16 heavy (non-hydrogen) atoms. The van der Waals surface area contributed by atoms with E-state index in [1.54, 1.807) is 4.90 Å². The van der Waals surface area contributed by atoms with E-state index in [1.807, 2.05) is 0 Å². The van der Waals surface area contributed by atoms with Gasteiger partial charge in [0.15, 0.2) is 0 Å². The summed E-state index contributed by atoms with van der Waals surface area (Å²) in [5.41, 5.74) is 0. The van der Waals surface area contributed by atoms with Crippen LogP contribution < -0.4 is 0 Å². The zero-order chi connectivity index (χ0) is 11.6. The first-order valence-corrected chi connectivity index (χ1v) is 6.43. The summed E-state index contributed by atoms with van der Waals surface area (Å²) in [6.45, 7) is 3.03. The van der Waals surface area contributed by atoms with E-state index in [0.29, 0.717) is 38.8 Å². The molecule has 0 atom stereocenters. The van der Waals surface area contributed by atoms with E-state index in [2.05, 4.69) is 0 Å². The van der Waals surface area contributed by atoms with Gasteiger partial charge in [0, 0.05) is 19.0 Å². The highest BCUT2D eigenvalue weighted by Gasteiger charge is 2.17. The van der Waals surface area contributed by atoms with Gasteiger partial charge in [-0.1, -0.05) is 12.8 Å². The number of nitrogens with zero attached hydrogens (tertiary/aromatic N) is 1. The maximum Gasteiger partial charge on any atom is 0.409 e. The molecule has 1 amide bonds. The first-order chi connectivity index (χ1) is 7.84. The van der Waals surface area contributed by atoms with Gasteiger partial charge in [-0.15, -0.1) is 11.6 Å². The Morgan fingerprint density at radius 2 is 1.88 bits per heavy atom. The third kappa shape index (κ3) is 5.56. The van der Waals surface area contributed by atoms with Crippen molar-refractivity contribution in [2.45, 2.75) is 25.7 Å². The van der Waals surface area contributed by atoms with Crippen molar-refractivity contribution in [3.63, 3.8) is 0 Å². The number of unbranched alkanes of at least 4 members (excludes halogenated alkanes) is 3. The fourth-order valence-electron chi connectivity index (χ4n) is 1.55. The molecule has 0 aliphatic carbocycles. The van der Waals surface area contributed by atoms with E-state index in [1.165, 1.54) is 0 Å². The average Bonchev–Trinajstić information content (AvgIpc) is 2.34. The lowest BCUT2D eigenvalue weighted by molar-refractivity contribution is 0.0268. The predicted octanol–water partition coefficient (Wildman–Crippen LogP) is 2.25. The molecular formula is C11H20ClNO3. The van der Waals surface area contributed by atoms with Gasteiger partial charge < -0.3 is 14.4 Å². The molecule has 0 aromatic heterocycles. The summed E-state index contributed by atoms with van der Waals surface area (Å²) in [7, 11) is 0. The van der Waals surface area contributed by atoms with Gasteiger partial charge in [-0.05, 0) is 12.8 Å². The van der Waals surface area contributed by atoms with Gasteiger partial charge in [0.2, 0.25) is 0 Å². The lowest BCUT2D eigenvalue weighted by Crippen LogP contribution is -2.41. The molecule has 0 bridgehead atoms. The van der Waals surface area contributed by atoms with Crippen LogP contribution in [-0.4, -0.2) is 49.8 Å². The van der Waals surface area contributed by atoms with E-state index < -0.39 is 0 Å². The van der Waals surface area contributed by atoms with Gasteiger partial charge in [-0.2, -0.15) is 0 Å². The number of alkyl halides is 1. The molecule has 1 aliphatic rings. The number of ether oxygens (including phenoxy) is 2. The molecule has 0 saturated carbocycles. The summed E-state index contributed by atoms with van der Waals surface area (Å²) in [5, 5.41) is 0. The molecule has 0 N–H and O–H groups in total. The van der Waals surface area contributed by atoms with Gasteiger partial charge in [0.25, 0.3) is 0 Å². The zero-order valence-corrected chi connectivity index (χ0v) is 10.4. The number of morpholine rings is 1. The van der Waals surface area contributed by atoms with Gasteiger partial charge in [0.1, 0.15) is 0 Å². The highest BCUT2D eigenvalue weighted by atomic mass is 35.5. The van der Waals surface area contributed by atoms with Crippen LogP contribution in [0.15, 0.2) is 0 Å². The van der Waals surface area contributed by atoms with E-state index in [0.717, 1.165) is 25.7 Å². The summed E-state index contributed by atoms with van der Waals surface area (Å²) in [6, 6.07) is 0. The molecule has 0 aromatic rings. The number of halogens is 1. The molecule has 5 heteroatoms. The number of hydrogen-bond donors (Lipinski definition) is 0. The second kappa shape index (κ2) is 8.65. The SMILES string of the molecule is O=C(OCCCCCCCl)N1CCOCC1. The monoisotopic (exact) mass is 249 g/mol.